The van der Waals surface area contributed by atoms with E-state index in [1.54, 1.807) is 0 Å². The van der Waals surface area contributed by atoms with Gasteiger partial charge in [-0.3, -0.25) is 4.99 Å². The highest BCUT2D eigenvalue weighted by molar-refractivity contribution is 5.80. The number of likely N-dealkylation sites (tertiary alicyclic amines) is 1. The number of imidazole rings is 1. The van der Waals surface area contributed by atoms with E-state index in [2.05, 4.69) is 39.8 Å². The van der Waals surface area contributed by atoms with Crippen molar-refractivity contribution in [1.29, 1.82) is 0 Å². The Balaban J connectivity index is 1.67. The highest BCUT2D eigenvalue weighted by atomic mass is 15.3. The molecule has 1 aliphatic heterocycles. The number of hydrogen-bond donors (Lipinski definition) is 1. The molecule has 2 heterocycles. The summed E-state index contributed by atoms with van der Waals surface area (Å²) in [6, 6.07) is 0.490. The molecule has 122 valence electrons. The molecule has 2 atom stereocenters. The van der Waals surface area contributed by atoms with E-state index in [0.717, 1.165) is 38.1 Å². The molecule has 2 fully saturated rings. The number of aliphatic imine (C=N–C) groups is 1. The molecule has 0 bridgehead atoms. The summed E-state index contributed by atoms with van der Waals surface area (Å²) in [6.07, 6.45) is 11.2. The summed E-state index contributed by atoms with van der Waals surface area (Å²) in [7, 11) is 0. The van der Waals surface area contributed by atoms with E-state index in [-0.39, 0.29) is 0 Å². The number of nitrogens with zero attached hydrogens (tertiary/aromatic N) is 4. The molecule has 0 spiro atoms. The topological polar surface area (TPSA) is 45.5 Å². The SMILES string of the molecule is CCNC(=NCC1CCC1)N1CCC(C)C(n2ccnc2)C1. The Labute approximate surface area is 133 Å². The van der Waals surface area contributed by atoms with Crippen molar-refractivity contribution >= 4 is 5.96 Å². The lowest BCUT2D eigenvalue weighted by Gasteiger charge is -2.39. The number of nitrogens with one attached hydrogen (secondary N) is 1. The van der Waals surface area contributed by atoms with Crippen LogP contribution in [0.4, 0.5) is 0 Å². The molecular formula is C17H29N5. The Kier molecular flexibility index (Phi) is 5.01. The zero-order valence-corrected chi connectivity index (χ0v) is 13.9. The van der Waals surface area contributed by atoms with E-state index >= 15 is 0 Å². The van der Waals surface area contributed by atoms with Crippen molar-refractivity contribution in [3.8, 4) is 0 Å². The minimum Gasteiger partial charge on any atom is -0.357 e. The lowest BCUT2D eigenvalue weighted by Crippen LogP contribution is -2.49. The van der Waals surface area contributed by atoms with Gasteiger partial charge in [0.05, 0.1) is 12.4 Å². The van der Waals surface area contributed by atoms with Crippen molar-refractivity contribution in [3.63, 3.8) is 0 Å². The normalized spacial score (nSPS) is 26.8. The molecule has 1 aromatic rings. The Morgan fingerprint density at radius 1 is 1.36 bits per heavy atom. The smallest absolute Gasteiger partial charge is 0.193 e. The van der Waals surface area contributed by atoms with Crippen LogP contribution in [0.3, 0.4) is 0 Å². The van der Waals surface area contributed by atoms with E-state index in [9.17, 15) is 0 Å². The van der Waals surface area contributed by atoms with Gasteiger partial charge >= 0.3 is 0 Å². The molecular weight excluding hydrogens is 274 g/mol. The van der Waals surface area contributed by atoms with Crippen LogP contribution in [0, 0.1) is 11.8 Å². The highest BCUT2D eigenvalue weighted by Gasteiger charge is 2.29. The van der Waals surface area contributed by atoms with Crippen LogP contribution in [0.15, 0.2) is 23.7 Å². The van der Waals surface area contributed by atoms with Crippen molar-refractivity contribution in [2.45, 2.75) is 45.6 Å². The summed E-state index contributed by atoms with van der Waals surface area (Å²) >= 11 is 0. The quantitative estimate of drug-likeness (QED) is 0.687. The predicted molar refractivity (Wildman–Crippen MR) is 89.9 cm³/mol. The zero-order chi connectivity index (χ0) is 15.4. The van der Waals surface area contributed by atoms with Gasteiger partial charge in [-0.15, -0.1) is 0 Å². The lowest BCUT2D eigenvalue weighted by atomic mass is 9.86. The number of rotatable bonds is 4. The maximum Gasteiger partial charge on any atom is 0.193 e. The highest BCUT2D eigenvalue weighted by Crippen LogP contribution is 2.28. The van der Waals surface area contributed by atoms with E-state index in [1.165, 1.54) is 25.7 Å². The number of guanidine groups is 1. The summed E-state index contributed by atoms with van der Waals surface area (Å²) in [5.74, 6) is 2.60. The first-order valence-electron chi connectivity index (χ1n) is 8.78. The Bertz CT molecular complexity index is 477. The van der Waals surface area contributed by atoms with Gasteiger partial charge in [0.1, 0.15) is 0 Å². The fourth-order valence-corrected chi connectivity index (χ4v) is 3.41. The first-order valence-corrected chi connectivity index (χ1v) is 8.78. The Morgan fingerprint density at radius 3 is 2.86 bits per heavy atom. The minimum absolute atomic E-state index is 0.490. The molecule has 0 amide bonds. The number of hydrogen-bond acceptors (Lipinski definition) is 2. The Hall–Kier alpha value is -1.52. The molecule has 1 N–H and O–H groups in total. The fourth-order valence-electron chi connectivity index (χ4n) is 3.41. The average molecular weight is 303 g/mol. The van der Waals surface area contributed by atoms with Crippen LogP contribution in [-0.4, -0.2) is 46.6 Å². The van der Waals surface area contributed by atoms with Crippen LogP contribution in [-0.2, 0) is 0 Å². The third-order valence-electron chi connectivity index (χ3n) is 5.18. The van der Waals surface area contributed by atoms with Crippen molar-refractivity contribution in [2.75, 3.05) is 26.2 Å². The Morgan fingerprint density at radius 2 is 2.23 bits per heavy atom. The third-order valence-corrected chi connectivity index (χ3v) is 5.18. The van der Waals surface area contributed by atoms with E-state index in [1.807, 2.05) is 12.5 Å². The number of aromatic nitrogens is 2. The van der Waals surface area contributed by atoms with E-state index < -0.39 is 0 Å². The molecule has 1 saturated heterocycles. The van der Waals surface area contributed by atoms with Crippen molar-refractivity contribution < 1.29 is 0 Å². The second-order valence-corrected chi connectivity index (χ2v) is 6.78. The van der Waals surface area contributed by atoms with Gasteiger partial charge in [-0.2, -0.15) is 0 Å². The van der Waals surface area contributed by atoms with Crippen LogP contribution >= 0.6 is 0 Å². The maximum absolute atomic E-state index is 4.91. The largest absolute Gasteiger partial charge is 0.357 e. The minimum atomic E-state index is 0.490. The van der Waals surface area contributed by atoms with E-state index in [4.69, 9.17) is 4.99 Å². The van der Waals surface area contributed by atoms with Crippen molar-refractivity contribution in [1.82, 2.24) is 19.8 Å². The summed E-state index contributed by atoms with van der Waals surface area (Å²) in [5.41, 5.74) is 0. The van der Waals surface area contributed by atoms with Gasteiger partial charge in [0.25, 0.3) is 0 Å². The molecule has 2 unspecified atom stereocenters. The summed E-state index contributed by atoms with van der Waals surface area (Å²) in [4.78, 5) is 11.6. The number of piperidine rings is 1. The van der Waals surface area contributed by atoms with Crippen LogP contribution in [0.2, 0.25) is 0 Å². The third kappa shape index (κ3) is 3.45. The standard InChI is InChI=1S/C17H29N5/c1-3-19-17(20-11-15-5-4-6-15)21-9-7-14(2)16(12-21)22-10-8-18-13-22/h8,10,13-16H,3-7,9,11-12H2,1-2H3,(H,19,20). The van der Waals surface area contributed by atoms with Gasteiger partial charge in [0.15, 0.2) is 5.96 Å². The van der Waals surface area contributed by atoms with Gasteiger partial charge in [0.2, 0.25) is 0 Å². The fraction of sp³-hybridized carbons (Fsp3) is 0.765. The van der Waals surface area contributed by atoms with Gasteiger partial charge in [-0.05, 0) is 38.0 Å². The monoisotopic (exact) mass is 303 g/mol. The van der Waals surface area contributed by atoms with Crippen LogP contribution in [0.25, 0.3) is 0 Å². The second-order valence-electron chi connectivity index (χ2n) is 6.78. The van der Waals surface area contributed by atoms with Crippen LogP contribution in [0.5, 0.6) is 0 Å². The van der Waals surface area contributed by atoms with Crippen molar-refractivity contribution in [2.24, 2.45) is 16.8 Å². The maximum atomic E-state index is 4.91. The van der Waals surface area contributed by atoms with Gasteiger partial charge < -0.3 is 14.8 Å². The molecule has 5 heteroatoms. The summed E-state index contributed by atoms with van der Waals surface area (Å²) in [5, 5.41) is 3.49. The first kappa shape index (κ1) is 15.4. The molecule has 0 radical (unpaired) electrons. The van der Waals surface area contributed by atoms with Crippen molar-refractivity contribution in [3.05, 3.63) is 18.7 Å². The second kappa shape index (κ2) is 7.16. The predicted octanol–water partition coefficient (Wildman–Crippen LogP) is 2.53. The van der Waals surface area contributed by atoms with Gasteiger partial charge in [-0.25, -0.2) is 4.98 Å². The molecule has 1 aromatic heterocycles. The van der Waals surface area contributed by atoms with Crippen LogP contribution in [0.1, 0.15) is 45.6 Å². The lowest BCUT2D eigenvalue weighted by molar-refractivity contribution is 0.188. The summed E-state index contributed by atoms with van der Waals surface area (Å²) < 4.78 is 2.26. The molecule has 0 aromatic carbocycles. The van der Waals surface area contributed by atoms with Gasteiger partial charge in [0, 0.05) is 38.6 Å². The molecule has 1 aliphatic carbocycles. The molecule has 22 heavy (non-hydrogen) atoms. The van der Waals surface area contributed by atoms with Gasteiger partial charge in [-0.1, -0.05) is 13.3 Å². The molecule has 5 nitrogen and oxygen atoms in total. The van der Waals surface area contributed by atoms with E-state index in [0.29, 0.717) is 12.0 Å². The average Bonchev–Trinajstić information content (AvgIpc) is 2.99. The molecule has 2 aliphatic rings. The first-order chi connectivity index (χ1) is 10.8. The molecule has 3 rings (SSSR count). The van der Waals surface area contributed by atoms with Crippen LogP contribution < -0.4 is 5.32 Å². The summed E-state index contributed by atoms with van der Waals surface area (Å²) in [6.45, 7) is 8.55. The molecule has 1 saturated carbocycles. The zero-order valence-electron chi connectivity index (χ0n) is 13.9.